The Kier molecular flexibility index (Phi) is 5.99. The van der Waals surface area contributed by atoms with Crippen LogP contribution in [0.5, 0.6) is 5.75 Å². The Labute approximate surface area is 233 Å². The molecule has 3 aromatic rings. The van der Waals surface area contributed by atoms with Gasteiger partial charge in [-0.05, 0) is 54.9 Å². The number of fused-ring (bicyclic) bond motifs is 3. The van der Waals surface area contributed by atoms with Crippen molar-refractivity contribution in [3.8, 4) is 5.75 Å². The summed E-state index contributed by atoms with van der Waals surface area (Å²) in [6.07, 6.45) is 5.20. The first-order valence-corrected chi connectivity index (χ1v) is 14.5. The summed E-state index contributed by atoms with van der Waals surface area (Å²) in [5.74, 6) is -2.04. The Balaban J connectivity index is 1.32. The van der Waals surface area contributed by atoms with Gasteiger partial charge >= 0.3 is 0 Å². The van der Waals surface area contributed by atoms with Crippen LogP contribution in [0.4, 0.5) is 8.78 Å². The second-order valence-corrected chi connectivity index (χ2v) is 12.2. The van der Waals surface area contributed by atoms with Crippen LogP contribution < -0.4 is 10.4 Å². The first-order chi connectivity index (χ1) is 19.3. The zero-order chi connectivity index (χ0) is 27.7. The van der Waals surface area contributed by atoms with Gasteiger partial charge in [-0.3, -0.25) is 24.1 Å². The highest BCUT2D eigenvalue weighted by molar-refractivity contribution is 7.98. The molecule has 0 bridgehead atoms. The van der Waals surface area contributed by atoms with Gasteiger partial charge in [0.1, 0.15) is 12.5 Å². The molecule has 0 spiro atoms. The van der Waals surface area contributed by atoms with Crippen molar-refractivity contribution >= 4 is 23.5 Å². The number of hydrogen-bond donors (Lipinski definition) is 1. The largest absolute Gasteiger partial charge is 0.502 e. The fourth-order valence-electron chi connectivity index (χ4n) is 6.31. The summed E-state index contributed by atoms with van der Waals surface area (Å²) in [5, 5.41) is 12.7. The second-order valence-electron chi connectivity index (χ2n) is 11.2. The number of hydrogen-bond acceptors (Lipinski definition) is 6. The van der Waals surface area contributed by atoms with Gasteiger partial charge in [-0.15, -0.1) is 11.8 Å². The average molecular weight is 564 g/mol. The molecule has 1 atom stereocenters. The molecule has 10 heteroatoms. The monoisotopic (exact) mass is 563 g/mol. The molecule has 1 aromatic heterocycles. The van der Waals surface area contributed by atoms with Crippen LogP contribution in [0.25, 0.3) is 0 Å². The number of benzene rings is 2. The Morgan fingerprint density at radius 2 is 1.80 bits per heavy atom. The molecule has 7 rings (SSSR count). The fraction of sp³-hybridized carbons (Fsp3) is 0.367. The Bertz CT molecular complexity index is 1610. The number of Topliss-reactive ketones (excluding diaryl/α,β-unsaturated/α-hetero) is 1. The normalized spacial score (nSPS) is 23.6. The van der Waals surface area contributed by atoms with Crippen molar-refractivity contribution in [1.29, 1.82) is 0 Å². The van der Waals surface area contributed by atoms with Crippen LogP contribution in [0, 0.1) is 23.5 Å². The van der Waals surface area contributed by atoms with E-state index in [0.717, 1.165) is 29.4 Å². The standard InChI is InChI=1S/C30H27F2N3O4S/c31-22-8-7-19-21(26(22)32)14-40-25-4-2-1-3-20(25)27(19)35-15-33(18-11-16(12-18)13-24(37)17-5-6-17)30(39)28-29(38)23(36)9-10-34(28)35/h1-4,7-10,16-18,27,38H,5-6,11-15H2/t16?,18?,27-/m0/s1. The number of rotatable bonds is 5. The van der Waals surface area contributed by atoms with Gasteiger partial charge in [0.25, 0.3) is 5.91 Å². The van der Waals surface area contributed by atoms with E-state index in [2.05, 4.69) is 0 Å². The lowest BCUT2D eigenvalue weighted by Gasteiger charge is -2.50. The van der Waals surface area contributed by atoms with Crippen LogP contribution in [0.3, 0.4) is 0 Å². The Hall–Kier alpha value is -3.66. The van der Waals surface area contributed by atoms with Crippen LogP contribution in [0.2, 0.25) is 0 Å². The first kappa shape index (κ1) is 25.3. The third-order valence-corrected chi connectivity index (χ3v) is 9.79. The quantitative estimate of drug-likeness (QED) is 0.484. The molecule has 206 valence electrons. The molecule has 7 nitrogen and oxygen atoms in total. The highest BCUT2D eigenvalue weighted by Gasteiger charge is 2.45. The molecule has 0 unspecified atom stereocenters. The molecule has 0 saturated heterocycles. The van der Waals surface area contributed by atoms with Gasteiger partial charge in [-0.25, -0.2) is 8.78 Å². The summed E-state index contributed by atoms with van der Waals surface area (Å²) in [6.45, 7) is 0.101. The molecular weight excluding hydrogens is 536 g/mol. The van der Waals surface area contributed by atoms with Crippen molar-refractivity contribution in [2.45, 2.75) is 54.8 Å². The topological polar surface area (TPSA) is 82.8 Å². The highest BCUT2D eigenvalue weighted by atomic mass is 32.2. The molecule has 0 radical (unpaired) electrons. The summed E-state index contributed by atoms with van der Waals surface area (Å²) < 4.78 is 31.0. The second kappa shape index (κ2) is 9.47. The maximum Gasteiger partial charge on any atom is 0.278 e. The molecule has 2 aliphatic carbocycles. The van der Waals surface area contributed by atoms with E-state index in [-0.39, 0.29) is 41.6 Å². The SMILES string of the molecule is O=C(CC1CC(N2CN([C@@H]3c4ccccc4SCc4c3ccc(F)c4F)n3ccc(=O)c(O)c3C2=O)C1)C1CC1. The zero-order valence-corrected chi connectivity index (χ0v) is 22.4. The predicted molar refractivity (Wildman–Crippen MR) is 145 cm³/mol. The number of nitrogens with zero attached hydrogens (tertiary/aromatic N) is 3. The number of carbonyl (C=O) groups is 2. The van der Waals surface area contributed by atoms with Crippen molar-refractivity contribution in [2.24, 2.45) is 11.8 Å². The Morgan fingerprint density at radius 3 is 2.58 bits per heavy atom. The lowest BCUT2D eigenvalue weighted by Crippen LogP contribution is -2.60. The predicted octanol–water partition coefficient (Wildman–Crippen LogP) is 4.73. The third kappa shape index (κ3) is 4.03. The fourth-order valence-corrected chi connectivity index (χ4v) is 7.42. The lowest BCUT2D eigenvalue weighted by molar-refractivity contribution is -0.122. The number of amides is 1. The van der Waals surface area contributed by atoms with Crippen molar-refractivity contribution in [3.05, 3.63) is 92.9 Å². The number of thioether (sulfide) groups is 1. The van der Waals surface area contributed by atoms with Crippen molar-refractivity contribution in [3.63, 3.8) is 0 Å². The number of halogens is 2. The van der Waals surface area contributed by atoms with E-state index in [4.69, 9.17) is 0 Å². The van der Waals surface area contributed by atoms with Crippen LogP contribution in [-0.2, 0) is 10.5 Å². The number of aromatic hydroxyl groups is 1. The third-order valence-electron chi connectivity index (χ3n) is 8.68. The molecule has 2 saturated carbocycles. The molecule has 1 amide bonds. The van der Waals surface area contributed by atoms with Gasteiger partial charge in [-0.1, -0.05) is 24.3 Å². The van der Waals surface area contributed by atoms with Gasteiger partial charge in [0.2, 0.25) is 5.43 Å². The molecule has 2 aliphatic heterocycles. The Morgan fingerprint density at radius 1 is 1.02 bits per heavy atom. The summed E-state index contributed by atoms with van der Waals surface area (Å²) >= 11 is 1.41. The number of aromatic nitrogens is 1. The smallest absolute Gasteiger partial charge is 0.278 e. The van der Waals surface area contributed by atoms with E-state index in [1.807, 2.05) is 29.3 Å². The van der Waals surface area contributed by atoms with E-state index in [0.29, 0.717) is 30.6 Å². The summed E-state index contributed by atoms with van der Waals surface area (Å²) in [4.78, 5) is 41.1. The maximum atomic E-state index is 15.2. The van der Waals surface area contributed by atoms with E-state index >= 15 is 4.39 Å². The van der Waals surface area contributed by atoms with E-state index in [1.165, 1.54) is 28.7 Å². The van der Waals surface area contributed by atoms with Crippen molar-refractivity contribution in [2.75, 3.05) is 11.7 Å². The molecule has 2 fully saturated rings. The minimum atomic E-state index is -0.928. The van der Waals surface area contributed by atoms with E-state index < -0.39 is 34.8 Å². The van der Waals surface area contributed by atoms with Crippen LogP contribution >= 0.6 is 11.8 Å². The molecular formula is C30H27F2N3O4S. The van der Waals surface area contributed by atoms with Crippen LogP contribution in [0.1, 0.15) is 65.3 Å². The van der Waals surface area contributed by atoms with Crippen molar-refractivity contribution < 1.29 is 23.5 Å². The molecule has 3 heterocycles. The summed E-state index contributed by atoms with van der Waals surface area (Å²) in [7, 11) is 0. The summed E-state index contributed by atoms with van der Waals surface area (Å²) in [6, 6.07) is 10.7. The van der Waals surface area contributed by atoms with Gasteiger partial charge in [0.05, 0.1) is 6.04 Å². The van der Waals surface area contributed by atoms with Gasteiger partial charge in [0, 0.05) is 46.9 Å². The average Bonchev–Trinajstić information content (AvgIpc) is 3.78. The molecule has 4 aliphatic rings. The van der Waals surface area contributed by atoms with Gasteiger partial charge in [0.15, 0.2) is 23.1 Å². The van der Waals surface area contributed by atoms with E-state index in [9.17, 15) is 23.9 Å². The van der Waals surface area contributed by atoms with E-state index in [1.54, 1.807) is 11.0 Å². The number of pyridine rings is 1. The number of carbonyl (C=O) groups excluding carboxylic acids is 2. The van der Waals surface area contributed by atoms with Crippen LogP contribution in [-0.4, -0.2) is 39.1 Å². The highest BCUT2D eigenvalue weighted by Crippen LogP contribution is 2.45. The maximum absolute atomic E-state index is 15.2. The molecule has 40 heavy (non-hydrogen) atoms. The zero-order valence-electron chi connectivity index (χ0n) is 21.6. The first-order valence-electron chi connectivity index (χ1n) is 13.6. The van der Waals surface area contributed by atoms with Crippen molar-refractivity contribution in [1.82, 2.24) is 9.58 Å². The minimum absolute atomic E-state index is 0.101. The molecule has 1 N–H and O–H groups in total. The van der Waals surface area contributed by atoms with Gasteiger partial charge < -0.3 is 10.0 Å². The number of ketones is 1. The van der Waals surface area contributed by atoms with Gasteiger partial charge in [-0.2, -0.15) is 0 Å². The van der Waals surface area contributed by atoms with Crippen LogP contribution in [0.15, 0.2) is 58.4 Å². The lowest BCUT2D eigenvalue weighted by atomic mass is 9.76. The summed E-state index contributed by atoms with van der Waals surface area (Å²) in [5.41, 5.74) is 0.806. The minimum Gasteiger partial charge on any atom is -0.502 e. The molecule has 2 aromatic carbocycles.